The Morgan fingerprint density at radius 1 is 1.11 bits per heavy atom. The molecule has 4 rings (SSSR count). The second-order valence-corrected chi connectivity index (χ2v) is 11.3. The molecule has 1 amide bonds. The van der Waals surface area contributed by atoms with Crippen LogP contribution in [0.5, 0.6) is 0 Å². The van der Waals surface area contributed by atoms with Crippen molar-refractivity contribution in [3.05, 3.63) is 11.8 Å². The van der Waals surface area contributed by atoms with E-state index in [4.69, 9.17) is 0 Å². The summed E-state index contributed by atoms with van der Waals surface area (Å²) in [4.78, 5) is 14.5. The third-order valence-electron chi connectivity index (χ3n) is 7.19. The normalized spacial score (nSPS) is 38.9. The Kier molecular flexibility index (Phi) is 4.90. The SMILES string of the molecule is CN1C=C(C2CCC(F)CC2)C2CCC(S(=O)(=O)NC3(C)CC3)CC2C1=O. The van der Waals surface area contributed by atoms with Crippen molar-refractivity contribution in [2.45, 2.75) is 81.7 Å². The number of allylic oxidation sites excluding steroid dienone is 1. The van der Waals surface area contributed by atoms with Crippen LogP contribution >= 0.6 is 0 Å². The predicted octanol–water partition coefficient (Wildman–Crippen LogP) is 3.13. The Morgan fingerprint density at radius 2 is 1.78 bits per heavy atom. The Morgan fingerprint density at radius 3 is 2.41 bits per heavy atom. The molecule has 1 heterocycles. The number of alkyl halides is 1. The number of hydrogen-bond donors (Lipinski definition) is 1. The minimum atomic E-state index is -3.41. The van der Waals surface area contributed by atoms with Gasteiger partial charge < -0.3 is 4.90 Å². The van der Waals surface area contributed by atoms with E-state index < -0.39 is 21.4 Å². The van der Waals surface area contributed by atoms with E-state index in [9.17, 15) is 17.6 Å². The molecule has 3 atom stereocenters. The Hall–Kier alpha value is -0.950. The standard InChI is InChI=1S/C20H31FN2O3S/c1-20(9-10-20)22-27(25,26)15-7-8-16-17(11-15)19(24)23(2)12-18(16)13-3-5-14(21)6-4-13/h12-17,22H,3-11H2,1-2H3. The molecule has 0 saturated heterocycles. The van der Waals surface area contributed by atoms with Crippen LogP contribution in [-0.4, -0.2) is 43.2 Å². The summed E-state index contributed by atoms with van der Waals surface area (Å²) < 4.78 is 42.1. The molecule has 1 aliphatic heterocycles. The van der Waals surface area contributed by atoms with Crippen molar-refractivity contribution in [3.8, 4) is 0 Å². The highest BCUT2D eigenvalue weighted by atomic mass is 32.2. The maximum absolute atomic E-state index is 13.6. The Balaban J connectivity index is 1.51. The van der Waals surface area contributed by atoms with Gasteiger partial charge in [-0.1, -0.05) is 0 Å². The highest BCUT2D eigenvalue weighted by Gasteiger charge is 2.48. The van der Waals surface area contributed by atoms with E-state index in [1.165, 1.54) is 5.57 Å². The molecule has 0 aromatic heterocycles. The molecule has 3 aliphatic carbocycles. The van der Waals surface area contributed by atoms with Crippen LogP contribution < -0.4 is 4.72 Å². The molecule has 27 heavy (non-hydrogen) atoms. The number of sulfonamides is 1. The zero-order valence-corrected chi connectivity index (χ0v) is 17.1. The van der Waals surface area contributed by atoms with Gasteiger partial charge in [0.2, 0.25) is 15.9 Å². The zero-order chi connectivity index (χ0) is 19.4. The minimum Gasteiger partial charge on any atom is -0.322 e. The maximum atomic E-state index is 13.6. The number of nitrogens with one attached hydrogen (secondary N) is 1. The third-order valence-corrected chi connectivity index (χ3v) is 9.28. The smallest absolute Gasteiger partial charge is 0.230 e. The fourth-order valence-electron chi connectivity index (χ4n) is 5.24. The van der Waals surface area contributed by atoms with Crippen molar-refractivity contribution >= 4 is 15.9 Å². The molecule has 0 aromatic carbocycles. The number of hydrogen-bond acceptors (Lipinski definition) is 3. The van der Waals surface area contributed by atoms with Crippen LogP contribution in [-0.2, 0) is 14.8 Å². The van der Waals surface area contributed by atoms with Gasteiger partial charge in [0.05, 0.1) is 5.25 Å². The van der Waals surface area contributed by atoms with Crippen LogP contribution in [0.25, 0.3) is 0 Å². The molecule has 3 fully saturated rings. The van der Waals surface area contributed by atoms with Gasteiger partial charge in [-0.25, -0.2) is 17.5 Å². The average molecular weight is 399 g/mol. The average Bonchev–Trinajstić information content (AvgIpc) is 3.34. The number of halogens is 1. The van der Waals surface area contributed by atoms with Crippen molar-refractivity contribution in [2.75, 3.05) is 7.05 Å². The van der Waals surface area contributed by atoms with E-state index in [-0.39, 0.29) is 23.3 Å². The van der Waals surface area contributed by atoms with Gasteiger partial charge in [-0.2, -0.15) is 0 Å². The molecule has 3 saturated carbocycles. The van der Waals surface area contributed by atoms with Crippen molar-refractivity contribution in [2.24, 2.45) is 17.8 Å². The topological polar surface area (TPSA) is 66.5 Å². The van der Waals surface area contributed by atoms with Gasteiger partial charge >= 0.3 is 0 Å². The first-order valence-electron chi connectivity index (χ1n) is 10.3. The number of fused-ring (bicyclic) bond motifs is 1. The number of amides is 1. The number of nitrogens with zero attached hydrogens (tertiary/aromatic N) is 1. The van der Waals surface area contributed by atoms with E-state index in [1.807, 2.05) is 13.1 Å². The molecule has 7 heteroatoms. The van der Waals surface area contributed by atoms with E-state index in [0.29, 0.717) is 31.6 Å². The summed E-state index contributed by atoms with van der Waals surface area (Å²) in [5.74, 6) is 0.218. The molecular weight excluding hydrogens is 367 g/mol. The highest BCUT2D eigenvalue weighted by Crippen LogP contribution is 2.47. The summed E-state index contributed by atoms with van der Waals surface area (Å²) in [7, 11) is -1.64. The quantitative estimate of drug-likeness (QED) is 0.791. The molecule has 0 bridgehead atoms. The fourth-order valence-corrected chi connectivity index (χ4v) is 7.21. The van der Waals surface area contributed by atoms with E-state index in [0.717, 1.165) is 32.1 Å². The van der Waals surface area contributed by atoms with Gasteiger partial charge in [-0.05, 0) is 82.1 Å². The van der Waals surface area contributed by atoms with Crippen LogP contribution in [0.4, 0.5) is 4.39 Å². The van der Waals surface area contributed by atoms with Crippen molar-refractivity contribution < 1.29 is 17.6 Å². The summed E-state index contributed by atoms with van der Waals surface area (Å²) in [6, 6.07) is 0. The lowest BCUT2D eigenvalue weighted by Gasteiger charge is -2.44. The molecule has 152 valence electrons. The van der Waals surface area contributed by atoms with Crippen LogP contribution in [0.15, 0.2) is 11.8 Å². The minimum absolute atomic E-state index is 0.0282. The number of carbonyl (C=O) groups is 1. The van der Waals surface area contributed by atoms with Crippen LogP contribution in [0.2, 0.25) is 0 Å². The highest BCUT2D eigenvalue weighted by molar-refractivity contribution is 7.90. The van der Waals surface area contributed by atoms with Crippen molar-refractivity contribution in [3.63, 3.8) is 0 Å². The molecule has 0 aromatic rings. The molecule has 0 radical (unpaired) electrons. The fraction of sp³-hybridized carbons (Fsp3) is 0.850. The molecule has 1 N–H and O–H groups in total. The largest absolute Gasteiger partial charge is 0.322 e. The first kappa shape index (κ1) is 19.4. The zero-order valence-electron chi connectivity index (χ0n) is 16.3. The number of rotatable bonds is 4. The van der Waals surface area contributed by atoms with Gasteiger partial charge in [-0.3, -0.25) is 4.79 Å². The molecule has 4 aliphatic rings. The Bertz CT molecular complexity index is 738. The summed E-state index contributed by atoms with van der Waals surface area (Å²) in [5, 5.41) is -0.491. The summed E-state index contributed by atoms with van der Waals surface area (Å²) in [6.07, 6.45) is 7.62. The van der Waals surface area contributed by atoms with Crippen LogP contribution in [0.3, 0.4) is 0 Å². The summed E-state index contributed by atoms with van der Waals surface area (Å²) >= 11 is 0. The first-order chi connectivity index (χ1) is 12.7. The van der Waals surface area contributed by atoms with Crippen molar-refractivity contribution in [1.29, 1.82) is 0 Å². The third kappa shape index (κ3) is 3.82. The van der Waals surface area contributed by atoms with Gasteiger partial charge in [0.25, 0.3) is 0 Å². The van der Waals surface area contributed by atoms with E-state index in [1.54, 1.807) is 11.9 Å². The van der Waals surface area contributed by atoms with Gasteiger partial charge in [-0.15, -0.1) is 0 Å². The molecular formula is C20H31FN2O3S. The molecule has 5 nitrogen and oxygen atoms in total. The second kappa shape index (κ2) is 6.83. The number of carbonyl (C=O) groups excluding carboxylic acids is 1. The lowest BCUT2D eigenvalue weighted by atomic mass is 9.67. The molecule has 0 spiro atoms. The second-order valence-electron chi connectivity index (χ2n) is 9.38. The molecule has 3 unspecified atom stereocenters. The first-order valence-corrected chi connectivity index (χ1v) is 11.9. The Labute approximate surface area is 161 Å². The van der Waals surface area contributed by atoms with E-state index >= 15 is 0 Å². The maximum Gasteiger partial charge on any atom is 0.230 e. The lowest BCUT2D eigenvalue weighted by molar-refractivity contribution is -0.135. The van der Waals surface area contributed by atoms with Crippen LogP contribution in [0.1, 0.15) is 64.7 Å². The predicted molar refractivity (Wildman–Crippen MR) is 102 cm³/mol. The van der Waals surface area contributed by atoms with Gasteiger partial charge in [0.1, 0.15) is 6.17 Å². The monoisotopic (exact) mass is 398 g/mol. The van der Waals surface area contributed by atoms with E-state index in [2.05, 4.69) is 4.72 Å². The summed E-state index contributed by atoms with van der Waals surface area (Å²) in [6.45, 7) is 1.94. The van der Waals surface area contributed by atoms with Gasteiger partial charge in [0.15, 0.2) is 0 Å². The van der Waals surface area contributed by atoms with Crippen LogP contribution in [0, 0.1) is 17.8 Å². The van der Waals surface area contributed by atoms with Gasteiger partial charge in [0, 0.05) is 24.7 Å². The van der Waals surface area contributed by atoms with Crippen molar-refractivity contribution in [1.82, 2.24) is 9.62 Å². The lowest BCUT2D eigenvalue weighted by Crippen LogP contribution is -2.49. The summed E-state index contributed by atoms with van der Waals surface area (Å²) in [5.41, 5.74) is 0.978.